The third-order valence-corrected chi connectivity index (χ3v) is 5.21. The highest BCUT2D eigenvalue weighted by atomic mass is 35.5. The number of benzene rings is 2. The van der Waals surface area contributed by atoms with Gasteiger partial charge in [0.2, 0.25) is 0 Å². The van der Waals surface area contributed by atoms with E-state index in [4.69, 9.17) is 23.2 Å². The molecule has 0 unspecified atom stereocenters. The smallest absolute Gasteiger partial charge is 0.255 e. The third-order valence-electron chi connectivity index (χ3n) is 4.66. The number of hydrogen-bond donors (Lipinski definition) is 1. The molecule has 0 fully saturated rings. The minimum Gasteiger partial charge on any atom is -0.306 e. The van der Waals surface area contributed by atoms with Crippen LogP contribution in [0.3, 0.4) is 0 Å². The van der Waals surface area contributed by atoms with Crippen molar-refractivity contribution in [2.45, 2.75) is 19.5 Å². The summed E-state index contributed by atoms with van der Waals surface area (Å²) in [5, 5.41) is 0.742. The van der Waals surface area contributed by atoms with Gasteiger partial charge in [0.15, 0.2) is 0 Å². The van der Waals surface area contributed by atoms with Crippen LogP contribution >= 0.6 is 23.2 Å². The van der Waals surface area contributed by atoms with Crippen molar-refractivity contribution in [3.8, 4) is 11.4 Å². The first-order chi connectivity index (χ1) is 13.0. The molecule has 2 aromatic carbocycles. The monoisotopic (exact) mass is 403 g/mol. The summed E-state index contributed by atoms with van der Waals surface area (Å²) in [7, 11) is 0. The lowest BCUT2D eigenvalue weighted by molar-refractivity contribution is 0.241. The van der Waals surface area contributed by atoms with Crippen molar-refractivity contribution in [1.29, 1.82) is 0 Å². The van der Waals surface area contributed by atoms with Crippen LogP contribution in [0.4, 0.5) is 4.39 Å². The molecule has 7 heteroatoms. The molecule has 138 valence electrons. The number of H-pyrrole nitrogens is 1. The second-order valence-electron chi connectivity index (χ2n) is 6.56. The van der Waals surface area contributed by atoms with E-state index >= 15 is 0 Å². The summed E-state index contributed by atoms with van der Waals surface area (Å²) in [6.45, 7) is 1.77. The Morgan fingerprint density at radius 1 is 1.15 bits per heavy atom. The van der Waals surface area contributed by atoms with E-state index in [1.54, 1.807) is 24.3 Å². The maximum absolute atomic E-state index is 13.6. The van der Waals surface area contributed by atoms with E-state index < -0.39 is 5.82 Å². The maximum Gasteiger partial charge on any atom is 0.255 e. The lowest BCUT2D eigenvalue weighted by Crippen LogP contribution is -2.35. The van der Waals surface area contributed by atoms with Crippen molar-refractivity contribution in [2.24, 2.45) is 0 Å². The van der Waals surface area contributed by atoms with E-state index in [1.165, 1.54) is 6.07 Å². The summed E-state index contributed by atoms with van der Waals surface area (Å²) >= 11 is 11.7. The second-order valence-corrected chi connectivity index (χ2v) is 7.40. The topological polar surface area (TPSA) is 49.0 Å². The molecular formula is C20H16Cl2FN3O. The van der Waals surface area contributed by atoms with Gasteiger partial charge in [-0.2, -0.15) is 0 Å². The number of halogens is 3. The van der Waals surface area contributed by atoms with Crippen molar-refractivity contribution in [3.05, 3.63) is 85.5 Å². The largest absolute Gasteiger partial charge is 0.306 e. The molecule has 0 saturated heterocycles. The second kappa shape index (κ2) is 7.43. The molecule has 4 rings (SSSR count). The zero-order valence-electron chi connectivity index (χ0n) is 14.3. The molecule has 0 saturated carbocycles. The highest BCUT2D eigenvalue weighted by molar-refractivity contribution is 6.31. The molecule has 27 heavy (non-hydrogen) atoms. The summed E-state index contributed by atoms with van der Waals surface area (Å²) in [5.74, 6) is 0.113. The quantitative estimate of drug-likeness (QED) is 0.702. The number of rotatable bonds is 3. The Labute approximate surface area is 165 Å². The summed E-state index contributed by atoms with van der Waals surface area (Å²) in [5.41, 5.74) is 2.97. The maximum atomic E-state index is 13.6. The Balaban J connectivity index is 1.57. The molecule has 0 atom stereocenters. The Morgan fingerprint density at radius 3 is 2.67 bits per heavy atom. The van der Waals surface area contributed by atoms with Crippen LogP contribution in [-0.2, 0) is 19.5 Å². The van der Waals surface area contributed by atoms with Crippen molar-refractivity contribution >= 4 is 23.2 Å². The van der Waals surface area contributed by atoms with Crippen LogP contribution in [0.1, 0.15) is 16.8 Å². The first-order valence-electron chi connectivity index (χ1n) is 8.54. The number of aromatic amines is 1. The molecule has 1 N–H and O–H groups in total. The van der Waals surface area contributed by atoms with Gasteiger partial charge in [-0.15, -0.1) is 0 Å². The van der Waals surface area contributed by atoms with Gasteiger partial charge in [-0.05, 0) is 42.0 Å². The number of nitrogens with zero attached hydrogens (tertiary/aromatic N) is 2. The predicted octanol–water partition coefficient (Wildman–Crippen LogP) is 4.44. The van der Waals surface area contributed by atoms with Gasteiger partial charge < -0.3 is 4.98 Å². The van der Waals surface area contributed by atoms with E-state index in [9.17, 15) is 9.18 Å². The molecule has 1 aliphatic rings. The standard InChI is InChI=1S/C20H16Cl2FN3O/c21-14-4-2-13(3-5-14)19-24-18-7-8-26(11-15(18)20(27)25-19)10-12-1-6-16(22)17(23)9-12/h1-6,9H,7-8,10-11H2,(H,24,25,27). The lowest BCUT2D eigenvalue weighted by atomic mass is 10.1. The van der Waals surface area contributed by atoms with Crippen LogP contribution in [0.5, 0.6) is 0 Å². The molecule has 1 aromatic heterocycles. The number of nitrogens with one attached hydrogen (secondary N) is 1. The van der Waals surface area contributed by atoms with Crippen molar-refractivity contribution in [3.63, 3.8) is 0 Å². The minimum atomic E-state index is -0.432. The Morgan fingerprint density at radius 2 is 1.93 bits per heavy atom. The van der Waals surface area contributed by atoms with E-state index in [0.29, 0.717) is 35.9 Å². The molecule has 3 aromatic rings. The molecule has 0 amide bonds. The Kier molecular flexibility index (Phi) is 5.00. The zero-order chi connectivity index (χ0) is 19.0. The van der Waals surface area contributed by atoms with Gasteiger partial charge >= 0.3 is 0 Å². The minimum absolute atomic E-state index is 0.109. The number of hydrogen-bond acceptors (Lipinski definition) is 3. The number of fused-ring (bicyclic) bond motifs is 1. The Bertz CT molecular complexity index is 1050. The van der Waals surface area contributed by atoms with Crippen LogP contribution in [-0.4, -0.2) is 21.4 Å². The van der Waals surface area contributed by atoms with Gasteiger partial charge in [-0.3, -0.25) is 9.69 Å². The van der Waals surface area contributed by atoms with Crippen LogP contribution in [0.25, 0.3) is 11.4 Å². The van der Waals surface area contributed by atoms with E-state index in [0.717, 1.165) is 23.4 Å². The van der Waals surface area contributed by atoms with E-state index in [2.05, 4.69) is 14.9 Å². The van der Waals surface area contributed by atoms with Gasteiger partial charge in [-0.1, -0.05) is 29.3 Å². The fourth-order valence-electron chi connectivity index (χ4n) is 3.26. The van der Waals surface area contributed by atoms with Gasteiger partial charge in [0.1, 0.15) is 11.6 Å². The van der Waals surface area contributed by atoms with Gasteiger partial charge in [0, 0.05) is 36.6 Å². The fraction of sp³-hybridized carbons (Fsp3) is 0.200. The molecule has 0 spiro atoms. The normalized spacial score (nSPS) is 14.2. The summed E-state index contributed by atoms with van der Waals surface area (Å²) in [6.07, 6.45) is 0.663. The summed E-state index contributed by atoms with van der Waals surface area (Å²) < 4.78 is 13.6. The first kappa shape index (κ1) is 18.2. The molecule has 0 aliphatic carbocycles. The van der Waals surface area contributed by atoms with Crippen molar-refractivity contribution in [1.82, 2.24) is 14.9 Å². The van der Waals surface area contributed by atoms with Gasteiger partial charge in [0.25, 0.3) is 5.56 Å². The van der Waals surface area contributed by atoms with Gasteiger partial charge in [-0.25, -0.2) is 9.37 Å². The summed E-state index contributed by atoms with van der Waals surface area (Å²) in [6, 6.07) is 12.0. The lowest BCUT2D eigenvalue weighted by Gasteiger charge is -2.27. The van der Waals surface area contributed by atoms with Crippen LogP contribution in [0, 0.1) is 5.82 Å². The van der Waals surface area contributed by atoms with E-state index in [1.807, 2.05) is 12.1 Å². The molecule has 1 aliphatic heterocycles. The molecule has 0 bridgehead atoms. The summed E-state index contributed by atoms with van der Waals surface area (Å²) in [4.78, 5) is 22.2. The average molecular weight is 404 g/mol. The third kappa shape index (κ3) is 3.90. The Hall–Kier alpha value is -2.21. The van der Waals surface area contributed by atoms with Crippen LogP contribution < -0.4 is 5.56 Å². The van der Waals surface area contributed by atoms with Crippen molar-refractivity contribution in [2.75, 3.05) is 6.54 Å². The van der Waals surface area contributed by atoms with Gasteiger partial charge in [0.05, 0.1) is 16.3 Å². The highest BCUT2D eigenvalue weighted by Crippen LogP contribution is 2.22. The zero-order valence-corrected chi connectivity index (χ0v) is 15.8. The molecular weight excluding hydrogens is 388 g/mol. The van der Waals surface area contributed by atoms with Crippen LogP contribution in [0.15, 0.2) is 47.3 Å². The molecule has 4 nitrogen and oxygen atoms in total. The first-order valence-corrected chi connectivity index (χ1v) is 9.29. The van der Waals surface area contributed by atoms with Crippen molar-refractivity contribution < 1.29 is 4.39 Å². The average Bonchev–Trinajstić information content (AvgIpc) is 2.66. The predicted molar refractivity (Wildman–Crippen MR) is 105 cm³/mol. The van der Waals surface area contributed by atoms with E-state index in [-0.39, 0.29) is 10.6 Å². The molecule has 0 radical (unpaired) electrons. The number of aromatic nitrogens is 2. The fourth-order valence-corrected chi connectivity index (χ4v) is 3.50. The SMILES string of the molecule is O=c1[nH]c(-c2ccc(Cl)cc2)nc2c1CN(Cc1ccc(Cl)c(F)c1)CC2. The van der Waals surface area contributed by atoms with Crippen LogP contribution in [0.2, 0.25) is 10.0 Å². The highest BCUT2D eigenvalue weighted by Gasteiger charge is 2.21. The molecule has 2 heterocycles.